The summed E-state index contributed by atoms with van der Waals surface area (Å²) in [5, 5.41) is 2.68. The number of nitrogens with zero attached hydrogens (tertiary/aromatic N) is 1. The van der Waals surface area contributed by atoms with E-state index >= 15 is 0 Å². The lowest BCUT2D eigenvalue weighted by atomic mass is 9.96. The van der Waals surface area contributed by atoms with Crippen molar-refractivity contribution in [1.29, 1.82) is 0 Å². The smallest absolute Gasteiger partial charge is 0.272 e. The van der Waals surface area contributed by atoms with E-state index in [1.54, 1.807) is 19.1 Å². The maximum atomic E-state index is 12.2. The summed E-state index contributed by atoms with van der Waals surface area (Å²) in [6.07, 6.45) is 0.207. The zero-order valence-electron chi connectivity index (χ0n) is 12.2. The van der Waals surface area contributed by atoms with Gasteiger partial charge in [-0.2, -0.15) is 0 Å². The third kappa shape index (κ3) is 5.63. The van der Waals surface area contributed by atoms with Gasteiger partial charge in [-0.05, 0) is 19.4 Å². The summed E-state index contributed by atoms with van der Waals surface area (Å²) in [6, 6.07) is 3.30. The first kappa shape index (κ1) is 17.3. The predicted molar refractivity (Wildman–Crippen MR) is 75.1 cm³/mol. The van der Waals surface area contributed by atoms with E-state index in [1.807, 2.05) is 6.92 Å². The van der Waals surface area contributed by atoms with Crippen LogP contribution in [-0.4, -0.2) is 29.5 Å². The number of ether oxygens (including phenoxy) is 1. The molecule has 0 fully saturated rings. The second-order valence-electron chi connectivity index (χ2n) is 5.02. The Balaban J connectivity index is 2.65. The Morgan fingerprint density at radius 3 is 2.90 bits per heavy atom. The molecule has 0 aliphatic heterocycles. The molecule has 5 nitrogen and oxygen atoms in total. The van der Waals surface area contributed by atoms with Crippen LogP contribution in [0, 0.1) is 0 Å². The molecule has 21 heavy (non-hydrogen) atoms. The molecule has 118 valence electrons. The second-order valence-corrected chi connectivity index (χ2v) is 5.02. The Kier molecular flexibility index (Phi) is 6.48. The van der Waals surface area contributed by atoms with Crippen molar-refractivity contribution in [3.8, 4) is 5.88 Å². The number of carbonyl (C=O) groups is 1. The highest BCUT2D eigenvalue weighted by Gasteiger charge is 2.26. The van der Waals surface area contributed by atoms with E-state index in [1.165, 1.54) is 6.20 Å². The molecule has 0 spiro atoms. The number of amides is 1. The Morgan fingerprint density at radius 1 is 1.57 bits per heavy atom. The summed E-state index contributed by atoms with van der Waals surface area (Å²) in [6.45, 7) is 2.99. The third-order valence-electron chi connectivity index (χ3n) is 2.92. The fourth-order valence-electron chi connectivity index (χ4n) is 1.84. The minimum absolute atomic E-state index is 0.0901. The summed E-state index contributed by atoms with van der Waals surface area (Å²) in [5.41, 5.74) is 5.48. The molecule has 1 amide bonds. The van der Waals surface area contributed by atoms with Gasteiger partial charge in [0, 0.05) is 18.3 Å². The van der Waals surface area contributed by atoms with Crippen LogP contribution in [-0.2, 0) is 11.3 Å². The molecule has 7 heteroatoms. The number of rotatable bonds is 8. The first-order chi connectivity index (χ1) is 9.86. The fraction of sp³-hybridized carbons (Fsp3) is 0.571. The number of nitrogens with one attached hydrogen (secondary N) is 1. The van der Waals surface area contributed by atoms with Gasteiger partial charge in [0.2, 0.25) is 11.8 Å². The van der Waals surface area contributed by atoms with Crippen molar-refractivity contribution < 1.29 is 18.3 Å². The van der Waals surface area contributed by atoms with Gasteiger partial charge in [-0.15, -0.1) is 0 Å². The van der Waals surface area contributed by atoms with Gasteiger partial charge in [0.15, 0.2) is 6.61 Å². The molecule has 1 aromatic heterocycles. The highest BCUT2D eigenvalue weighted by Crippen LogP contribution is 2.16. The topological polar surface area (TPSA) is 77.2 Å². The van der Waals surface area contributed by atoms with Crippen molar-refractivity contribution in [3.63, 3.8) is 0 Å². The lowest BCUT2D eigenvalue weighted by Crippen LogP contribution is -2.51. The number of halogens is 2. The van der Waals surface area contributed by atoms with E-state index in [2.05, 4.69) is 10.3 Å². The van der Waals surface area contributed by atoms with Crippen LogP contribution in [0.1, 0.15) is 32.3 Å². The highest BCUT2D eigenvalue weighted by atomic mass is 19.3. The fourth-order valence-corrected chi connectivity index (χ4v) is 1.84. The average Bonchev–Trinajstić information content (AvgIpc) is 2.43. The number of hydrogen-bond acceptors (Lipinski definition) is 4. The van der Waals surface area contributed by atoms with E-state index in [0.29, 0.717) is 12.0 Å². The Morgan fingerprint density at radius 2 is 2.29 bits per heavy atom. The van der Waals surface area contributed by atoms with Crippen LogP contribution in [0.4, 0.5) is 8.78 Å². The Hall–Kier alpha value is -1.76. The number of hydrogen-bond donors (Lipinski definition) is 2. The van der Waals surface area contributed by atoms with Gasteiger partial charge in [-0.1, -0.05) is 19.4 Å². The Labute approximate surface area is 122 Å². The molecule has 1 rings (SSSR count). The van der Waals surface area contributed by atoms with Gasteiger partial charge in [-0.25, -0.2) is 13.8 Å². The van der Waals surface area contributed by atoms with Crippen molar-refractivity contribution in [2.24, 2.45) is 5.73 Å². The van der Waals surface area contributed by atoms with Crippen molar-refractivity contribution in [2.45, 2.75) is 45.2 Å². The summed E-state index contributed by atoms with van der Waals surface area (Å²) in [4.78, 5) is 15.9. The quantitative estimate of drug-likeness (QED) is 0.768. The zero-order chi connectivity index (χ0) is 15.9. The van der Waals surface area contributed by atoms with E-state index in [-0.39, 0.29) is 18.3 Å². The molecule has 0 bridgehead atoms. The molecular formula is C14H21F2N3O2. The predicted octanol–water partition coefficient (Wildman–Crippen LogP) is 1.86. The lowest BCUT2D eigenvalue weighted by molar-refractivity contribution is -0.126. The molecule has 0 aromatic carbocycles. The van der Waals surface area contributed by atoms with Gasteiger partial charge in [0.05, 0.1) is 5.54 Å². The van der Waals surface area contributed by atoms with E-state index in [0.717, 1.165) is 6.42 Å². The Bertz CT molecular complexity index is 467. The lowest BCUT2D eigenvalue weighted by Gasteiger charge is -2.23. The van der Waals surface area contributed by atoms with Gasteiger partial charge < -0.3 is 15.8 Å². The number of nitrogens with two attached hydrogens (primary N) is 1. The van der Waals surface area contributed by atoms with Crippen LogP contribution >= 0.6 is 0 Å². The maximum Gasteiger partial charge on any atom is 0.272 e. The summed E-state index contributed by atoms with van der Waals surface area (Å²) < 4.78 is 29.3. The van der Waals surface area contributed by atoms with Crippen LogP contribution in [0.25, 0.3) is 0 Å². The van der Waals surface area contributed by atoms with Crippen LogP contribution < -0.4 is 15.8 Å². The molecule has 1 atom stereocenters. The van der Waals surface area contributed by atoms with Crippen molar-refractivity contribution in [3.05, 3.63) is 23.9 Å². The highest BCUT2D eigenvalue weighted by molar-refractivity contribution is 5.85. The number of carbonyl (C=O) groups excluding carboxylic acids is 1. The first-order valence-corrected chi connectivity index (χ1v) is 6.79. The van der Waals surface area contributed by atoms with Gasteiger partial charge >= 0.3 is 0 Å². The summed E-state index contributed by atoms with van der Waals surface area (Å²) >= 11 is 0. The molecule has 0 saturated heterocycles. The van der Waals surface area contributed by atoms with Crippen molar-refractivity contribution >= 4 is 5.91 Å². The standard InChI is InChI=1S/C14H21F2N3O2/c1-3-6-14(2,17)13(20)19-8-10-5-4-7-18-12(10)21-9-11(15)16/h4-5,7,11H,3,6,8-9,17H2,1-2H3,(H,19,20). The van der Waals surface area contributed by atoms with Gasteiger partial charge in [0.1, 0.15) is 0 Å². The number of alkyl halides is 2. The normalized spacial score (nSPS) is 13.8. The second kappa shape index (κ2) is 7.87. The minimum atomic E-state index is -2.58. The van der Waals surface area contributed by atoms with Gasteiger partial charge in [0.25, 0.3) is 6.43 Å². The van der Waals surface area contributed by atoms with Crippen LogP contribution in [0.2, 0.25) is 0 Å². The maximum absolute atomic E-state index is 12.2. The van der Waals surface area contributed by atoms with E-state index < -0.39 is 18.6 Å². The van der Waals surface area contributed by atoms with Crippen LogP contribution in [0.3, 0.4) is 0 Å². The van der Waals surface area contributed by atoms with Crippen LogP contribution in [0.15, 0.2) is 18.3 Å². The molecule has 0 radical (unpaired) electrons. The third-order valence-corrected chi connectivity index (χ3v) is 2.92. The van der Waals surface area contributed by atoms with Crippen molar-refractivity contribution in [1.82, 2.24) is 10.3 Å². The number of aromatic nitrogens is 1. The molecule has 0 saturated carbocycles. The SMILES string of the molecule is CCCC(C)(N)C(=O)NCc1cccnc1OCC(F)F. The molecule has 0 aliphatic rings. The summed E-state index contributed by atoms with van der Waals surface area (Å²) in [7, 11) is 0. The largest absolute Gasteiger partial charge is 0.471 e. The molecule has 3 N–H and O–H groups in total. The molecular weight excluding hydrogens is 280 g/mol. The van der Waals surface area contributed by atoms with Crippen molar-refractivity contribution in [2.75, 3.05) is 6.61 Å². The molecule has 1 heterocycles. The monoisotopic (exact) mass is 301 g/mol. The average molecular weight is 301 g/mol. The molecule has 1 unspecified atom stereocenters. The number of pyridine rings is 1. The minimum Gasteiger partial charge on any atom is -0.471 e. The molecule has 1 aromatic rings. The van der Waals surface area contributed by atoms with E-state index in [4.69, 9.17) is 10.5 Å². The molecule has 0 aliphatic carbocycles. The van der Waals surface area contributed by atoms with E-state index in [9.17, 15) is 13.6 Å². The van der Waals surface area contributed by atoms with Crippen LogP contribution in [0.5, 0.6) is 5.88 Å². The zero-order valence-corrected chi connectivity index (χ0v) is 12.2. The first-order valence-electron chi connectivity index (χ1n) is 6.79. The summed E-state index contributed by atoms with van der Waals surface area (Å²) in [5.74, 6) is -0.208. The van der Waals surface area contributed by atoms with Gasteiger partial charge in [-0.3, -0.25) is 4.79 Å².